The molecule has 1 amide bonds. The van der Waals surface area contributed by atoms with E-state index in [0.29, 0.717) is 22.0 Å². The molecular weight excluding hydrogens is 453 g/mol. The van der Waals surface area contributed by atoms with E-state index < -0.39 is 10.8 Å². The van der Waals surface area contributed by atoms with Crippen molar-refractivity contribution in [1.82, 2.24) is 0 Å². The summed E-state index contributed by atoms with van der Waals surface area (Å²) < 4.78 is 5.67. The van der Waals surface area contributed by atoms with Crippen LogP contribution in [0.5, 0.6) is 5.75 Å². The fraction of sp³-hybridized carbons (Fsp3) is 0.0435. The summed E-state index contributed by atoms with van der Waals surface area (Å²) in [6.07, 6.45) is 1.41. The maximum Gasteiger partial charge on any atom is 0.269 e. The highest BCUT2D eigenvalue weighted by Gasteiger charge is 2.11. The number of ether oxygens (including phenoxy) is 1. The van der Waals surface area contributed by atoms with Gasteiger partial charge in [-0.15, -0.1) is 0 Å². The highest BCUT2D eigenvalue weighted by Crippen LogP contribution is 2.27. The molecule has 0 atom stereocenters. The Hall–Kier alpha value is -3.86. The summed E-state index contributed by atoms with van der Waals surface area (Å²) in [5, 5.41) is 23.4. The zero-order chi connectivity index (χ0) is 23.1. The van der Waals surface area contributed by atoms with Crippen molar-refractivity contribution >= 4 is 46.6 Å². The van der Waals surface area contributed by atoms with Crippen molar-refractivity contribution in [2.24, 2.45) is 0 Å². The lowest BCUT2D eigenvalue weighted by Crippen LogP contribution is -2.13. The molecule has 7 nitrogen and oxygen atoms in total. The smallest absolute Gasteiger partial charge is 0.269 e. The molecule has 0 spiro atoms. The van der Waals surface area contributed by atoms with Gasteiger partial charge in [0.2, 0.25) is 0 Å². The van der Waals surface area contributed by atoms with Crippen LogP contribution in [0.4, 0.5) is 11.4 Å². The summed E-state index contributed by atoms with van der Waals surface area (Å²) in [5.74, 6) is -0.187. The van der Waals surface area contributed by atoms with E-state index in [2.05, 4.69) is 5.32 Å². The van der Waals surface area contributed by atoms with Gasteiger partial charge in [-0.2, -0.15) is 5.26 Å². The van der Waals surface area contributed by atoms with Crippen molar-refractivity contribution in [3.8, 4) is 11.8 Å². The first-order valence-corrected chi connectivity index (χ1v) is 9.95. The number of anilines is 1. The third-order valence-corrected chi connectivity index (χ3v) is 4.79. The number of non-ortho nitro benzene ring substituents is 1. The average Bonchev–Trinajstić information content (AvgIpc) is 2.77. The van der Waals surface area contributed by atoms with Gasteiger partial charge in [0, 0.05) is 22.8 Å². The lowest BCUT2D eigenvalue weighted by atomic mass is 10.1. The van der Waals surface area contributed by atoms with Crippen LogP contribution in [0.25, 0.3) is 6.08 Å². The van der Waals surface area contributed by atoms with Crippen LogP contribution in [0, 0.1) is 21.4 Å². The molecule has 0 aliphatic carbocycles. The topological polar surface area (TPSA) is 105 Å². The van der Waals surface area contributed by atoms with Gasteiger partial charge in [0.1, 0.15) is 24.0 Å². The number of benzene rings is 3. The number of amides is 1. The molecule has 0 unspecified atom stereocenters. The molecule has 3 aromatic rings. The molecule has 9 heteroatoms. The van der Waals surface area contributed by atoms with E-state index in [4.69, 9.17) is 27.9 Å². The molecule has 3 rings (SSSR count). The zero-order valence-corrected chi connectivity index (χ0v) is 17.9. The summed E-state index contributed by atoms with van der Waals surface area (Å²) >= 11 is 12.2. The van der Waals surface area contributed by atoms with Crippen LogP contribution < -0.4 is 10.1 Å². The largest absolute Gasteiger partial charge is 0.487 e. The second-order valence-corrected chi connectivity index (χ2v) is 7.38. The van der Waals surface area contributed by atoms with Gasteiger partial charge in [0.15, 0.2) is 0 Å². The highest BCUT2D eigenvalue weighted by molar-refractivity contribution is 6.32. The minimum Gasteiger partial charge on any atom is -0.487 e. The molecular formula is C23H15Cl2N3O4. The van der Waals surface area contributed by atoms with Gasteiger partial charge in [-0.05, 0) is 59.7 Å². The summed E-state index contributed by atoms with van der Waals surface area (Å²) in [7, 11) is 0. The third-order valence-electron chi connectivity index (χ3n) is 4.26. The van der Waals surface area contributed by atoms with Crippen molar-refractivity contribution < 1.29 is 14.5 Å². The number of hydrogen-bond acceptors (Lipinski definition) is 5. The van der Waals surface area contributed by atoms with Gasteiger partial charge >= 0.3 is 0 Å². The van der Waals surface area contributed by atoms with Gasteiger partial charge in [-0.3, -0.25) is 14.9 Å². The Balaban J connectivity index is 1.68. The van der Waals surface area contributed by atoms with E-state index in [1.165, 1.54) is 18.2 Å². The lowest BCUT2D eigenvalue weighted by Gasteiger charge is -2.09. The van der Waals surface area contributed by atoms with Crippen LogP contribution in [0.3, 0.4) is 0 Å². The number of nitro benzene ring substituents is 1. The van der Waals surface area contributed by atoms with E-state index in [-0.39, 0.29) is 22.9 Å². The number of carbonyl (C=O) groups excluding carboxylic acids is 1. The molecule has 3 aromatic carbocycles. The highest BCUT2D eigenvalue weighted by atomic mass is 35.5. The molecule has 0 saturated carbocycles. The first kappa shape index (κ1) is 22.8. The van der Waals surface area contributed by atoms with Crippen LogP contribution in [-0.4, -0.2) is 10.8 Å². The summed E-state index contributed by atoms with van der Waals surface area (Å²) in [4.78, 5) is 22.6. The van der Waals surface area contributed by atoms with Gasteiger partial charge < -0.3 is 10.1 Å². The number of halogens is 2. The molecule has 0 aromatic heterocycles. The lowest BCUT2D eigenvalue weighted by molar-refractivity contribution is -0.384. The van der Waals surface area contributed by atoms with E-state index in [9.17, 15) is 20.2 Å². The quantitative estimate of drug-likeness (QED) is 0.197. The number of carbonyl (C=O) groups is 1. The second kappa shape index (κ2) is 10.4. The van der Waals surface area contributed by atoms with Crippen molar-refractivity contribution in [3.63, 3.8) is 0 Å². The maximum atomic E-state index is 12.4. The molecule has 0 aliphatic rings. The van der Waals surface area contributed by atoms with Gasteiger partial charge in [-0.25, -0.2) is 0 Å². The van der Waals surface area contributed by atoms with Crippen LogP contribution in [0.1, 0.15) is 11.1 Å². The fourth-order valence-corrected chi connectivity index (χ4v) is 3.11. The molecule has 32 heavy (non-hydrogen) atoms. The molecule has 0 bridgehead atoms. The SMILES string of the molecule is N#C/C(=C\c1ccc(OCc2ccc([N+](=O)[O-])cc2)c(Cl)c1)C(=O)Nc1cccc(Cl)c1. The Kier molecular flexibility index (Phi) is 7.45. The first-order valence-electron chi connectivity index (χ1n) is 9.20. The van der Waals surface area contributed by atoms with Crippen LogP contribution in [0.2, 0.25) is 10.0 Å². The van der Waals surface area contributed by atoms with E-state index >= 15 is 0 Å². The van der Waals surface area contributed by atoms with Gasteiger partial charge in [0.05, 0.1) is 9.95 Å². The Morgan fingerprint density at radius 2 is 1.88 bits per heavy atom. The summed E-state index contributed by atoms with van der Waals surface area (Å²) in [6.45, 7) is 0.165. The average molecular weight is 468 g/mol. The van der Waals surface area contributed by atoms with E-state index in [0.717, 1.165) is 5.56 Å². The predicted molar refractivity (Wildman–Crippen MR) is 123 cm³/mol. The monoisotopic (exact) mass is 467 g/mol. The van der Waals surface area contributed by atoms with Crippen LogP contribution >= 0.6 is 23.2 Å². The van der Waals surface area contributed by atoms with E-state index in [1.807, 2.05) is 6.07 Å². The Morgan fingerprint density at radius 3 is 2.50 bits per heavy atom. The summed E-state index contributed by atoms with van der Waals surface area (Å²) in [5.41, 5.74) is 1.63. The van der Waals surface area contributed by atoms with Crippen LogP contribution in [0.15, 0.2) is 72.3 Å². The minimum atomic E-state index is -0.579. The molecule has 0 saturated heterocycles. The van der Waals surface area contributed by atoms with Crippen molar-refractivity contribution in [1.29, 1.82) is 5.26 Å². The number of hydrogen-bond donors (Lipinski definition) is 1. The van der Waals surface area contributed by atoms with Crippen molar-refractivity contribution in [3.05, 3.63) is 104 Å². The van der Waals surface area contributed by atoms with Crippen molar-refractivity contribution in [2.75, 3.05) is 5.32 Å². The Bertz CT molecular complexity index is 1230. The zero-order valence-electron chi connectivity index (χ0n) is 16.4. The van der Waals surface area contributed by atoms with Crippen molar-refractivity contribution in [2.45, 2.75) is 6.61 Å². The predicted octanol–water partition coefficient (Wildman–Crippen LogP) is 6.03. The number of rotatable bonds is 7. The number of nitro groups is 1. The minimum absolute atomic E-state index is 0.00406. The van der Waals surface area contributed by atoms with E-state index in [1.54, 1.807) is 54.6 Å². The van der Waals surface area contributed by atoms with Gasteiger partial charge in [0.25, 0.3) is 11.6 Å². The number of nitrogens with zero attached hydrogens (tertiary/aromatic N) is 2. The Labute approximate surface area is 193 Å². The first-order chi connectivity index (χ1) is 15.4. The normalized spacial score (nSPS) is 10.8. The molecule has 160 valence electrons. The third kappa shape index (κ3) is 6.08. The molecule has 1 N–H and O–H groups in total. The standard InChI is InChI=1S/C23H15Cl2N3O4/c24-18-2-1-3-19(12-18)27-23(29)17(13-26)10-16-6-9-22(21(25)11-16)32-14-15-4-7-20(8-5-15)28(30)31/h1-12H,14H2,(H,27,29)/b17-10+. The van der Waals surface area contributed by atoms with Gasteiger partial charge in [-0.1, -0.05) is 35.3 Å². The number of nitriles is 1. The molecule has 0 heterocycles. The molecule has 0 fully saturated rings. The Morgan fingerprint density at radius 1 is 1.12 bits per heavy atom. The molecule has 0 radical (unpaired) electrons. The van der Waals surface area contributed by atoms with Crippen LogP contribution in [-0.2, 0) is 11.4 Å². The molecule has 0 aliphatic heterocycles. The maximum absolute atomic E-state index is 12.4. The number of nitrogens with one attached hydrogen (secondary N) is 1. The fourth-order valence-electron chi connectivity index (χ4n) is 2.68. The second-order valence-electron chi connectivity index (χ2n) is 6.54. The summed E-state index contributed by atoms with van der Waals surface area (Å²) in [6, 6.07) is 19.3.